The summed E-state index contributed by atoms with van der Waals surface area (Å²) in [4.78, 5) is 13.0. The molecule has 0 aliphatic heterocycles. The topological polar surface area (TPSA) is 38.7 Å². The molecule has 0 N–H and O–H groups in total. The summed E-state index contributed by atoms with van der Waals surface area (Å²) >= 11 is 0. The maximum absolute atomic E-state index is 4.64. The van der Waals surface area contributed by atoms with Gasteiger partial charge in [0.15, 0.2) is 0 Å². The molecule has 0 saturated carbocycles. The van der Waals surface area contributed by atoms with Crippen molar-refractivity contribution in [1.82, 2.24) is 15.0 Å². The Hall–Kier alpha value is -3.46. The molecule has 0 spiro atoms. The second kappa shape index (κ2) is 11.7. The van der Waals surface area contributed by atoms with Gasteiger partial charge in [0, 0.05) is 44.3 Å². The molecule has 3 aromatic heterocycles. The number of hydrogen-bond donors (Lipinski definition) is 0. The second-order valence-corrected chi connectivity index (χ2v) is 6.42. The van der Waals surface area contributed by atoms with Crippen LogP contribution in [-0.4, -0.2) is 15.0 Å². The zero-order chi connectivity index (χ0) is 20.4. The molecule has 0 saturated heterocycles. The van der Waals surface area contributed by atoms with E-state index in [1.165, 1.54) is 0 Å². The molecule has 0 amide bonds. The number of aromatic nitrogens is 3. The molecule has 3 heterocycles. The number of nitrogens with zero attached hydrogens (tertiary/aromatic N) is 3. The number of pyridine rings is 3. The van der Waals surface area contributed by atoms with Gasteiger partial charge in [-0.25, -0.2) is 0 Å². The molecule has 0 aliphatic carbocycles. The third-order valence-electron chi connectivity index (χ3n) is 4.34. The van der Waals surface area contributed by atoms with Gasteiger partial charge < -0.3 is 4.98 Å². The van der Waals surface area contributed by atoms with Crippen molar-refractivity contribution in [1.29, 1.82) is 0 Å². The Morgan fingerprint density at radius 3 is 1.84 bits per heavy atom. The SMILES string of the molecule is [Ir].[c-]1ccccc1-c1cccc(-c2cccnc2)n1.[c-]1ccccc1-c1ccccn1. The van der Waals surface area contributed by atoms with Gasteiger partial charge in [0.25, 0.3) is 0 Å². The molecule has 0 fully saturated rings. The Balaban J connectivity index is 0.000000183. The summed E-state index contributed by atoms with van der Waals surface area (Å²) < 4.78 is 0. The van der Waals surface area contributed by atoms with Gasteiger partial charge in [-0.2, -0.15) is 0 Å². The third kappa shape index (κ3) is 6.26. The first-order chi connectivity index (χ1) is 14.9. The van der Waals surface area contributed by atoms with E-state index in [2.05, 4.69) is 27.1 Å². The maximum atomic E-state index is 4.64. The summed E-state index contributed by atoms with van der Waals surface area (Å²) in [5.41, 5.74) is 5.89. The minimum atomic E-state index is 0. The van der Waals surface area contributed by atoms with E-state index in [0.29, 0.717) is 0 Å². The summed E-state index contributed by atoms with van der Waals surface area (Å²) in [6, 6.07) is 37.8. The van der Waals surface area contributed by atoms with E-state index in [9.17, 15) is 0 Å². The standard InChI is InChI=1S/C16H11N2.C11H8N.Ir/c1-2-6-13(7-3-1)15-9-4-10-16(18-15)14-8-5-11-17-12-14;1-2-6-10(7-3-1)11-8-4-5-9-12-11;/h1-6,8-12H;1-6,8-9H;/q2*-1;. The second-order valence-electron chi connectivity index (χ2n) is 6.42. The zero-order valence-electron chi connectivity index (χ0n) is 16.6. The molecule has 2 aromatic carbocycles. The van der Waals surface area contributed by atoms with Crippen molar-refractivity contribution < 1.29 is 20.1 Å². The summed E-state index contributed by atoms with van der Waals surface area (Å²) in [6.07, 6.45) is 5.37. The van der Waals surface area contributed by atoms with E-state index in [0.717, 1.165) is 33.8 Å². The van der Waals surface area contributed by atoms with E-state index >= 15 is 0 Å². The minimum absolute atomic E-state index is 0. The van der Waals surface area contributed by atoms with E-state index in [4.69, 9.17) is 0 Å². The number of hydrogen-bond acceptors (Lipinski definition) is 3. The molecule has 0 bridgehead atoms. The zero-order valence-corrected chi connectivity index (χ0v) is 19.0. The summed E-state index contributed by atoms with van der Waals surface area (Å²) in [7, 11) is 0. The van der Waals surface area contributed by atoms with Gasteiger partial charge in [0.2, 0.25) is 0 Å². The maximum Gasteiger partial charge on any atom is 0.0610 e. The van der Waals surface area contributed by atoms with E-state index < -0.39 is 0 Å². The summed E-state index contributed by atoms with van der Waals surface area (Å²) in [6.45, 7) is 0. The third-order valence-corrected chi connectivity index (χ3v) is 4.34. The predicted octanol–water partition coefficient (Wildman–Crippen LogP) is 6.16. The average molecular weight is 578 g/mol. The Morgan fingerprint density at radius 1 is 0.548 bits per heavy atom. The van der Waals surface area contributed by atoms with Crippen LogP contribution in [0.25, 0.3) is 33.8 Å². The molecule has 0 unspecified atom stereocenters. The van der Waals surface area contributed by atoms with Crippen LogP contribution in [0.4, 0.5) is 0 Å². The molecule has 5 aromatic rings. The summed E-state index contributed by atoms with van der Waals surface area (Å²) in [5, 5.41) is 0. The van der Waals surface area contributed by atoms with Crippen LogP contribution >= 0.6 is 0 Å². The fourth-order valence-electron chi connectivity index (χ4n) is 2.89. The molecule has 4 heteroatoms. The molecular formula is C27H19IrN3-2. The molecular weight excluding hydrogens is 559 g/mol. The van der Waals surface area contributed by atoms with Crippen molar-refractivity contribution in [2.24, 2.45) is 0 Å². The number of benzene rings is 2. The summed E-state index contributed by atoms with van der Waals surface area (Å²) in [5.74, 6) is 0. The van der Waals surface area contributed by atoms with Gasteiger partial charge in [0.05, 0.1) is 5.69 Å². The first kappa shape index (κ1) is 22.2. The van der Waals surface area contributed by atoms with Crippen molar-refractivity contribution in [3.8, 4) is 33.8 Å². The molecule has 0 atom stereocenters. The van der Waals surface area contributed by atoms with Crippen LogP contribution < -0.4 is 0 Å². The van der Waals surface area contributed by atoms with Crippen LogP contribution in [0.15, 0.2) is 116 Å². The van der Waals surface area contributed by atoms with Crippen LogP contribution in [0.1, 0.15) is 0 Å². The van der Waals surface area contributed by atoms with E-state index in [1.807, 2.05) is 103 Å². The monoisotopic (exact) mass is 578 g/mol. The molecule has 1 radical (unpaired) electrons. The van der Waals surface area contributed by atoms with Gasteiger partial charge in [0.1, 0.15) is 0 Å². The average Bonchev–Trinajstić information content (AvgIpc) is 2.87. The van der Waals surface area contributed by atoms with E-state index in [1.54, 1.807) is 12.4 Å². The Kier molecular flexibility index (Phi) is 8.36. The first-order valence-corrected chi connectivity index (χ1v) is 9.63. The van der Waals surface area contributed by atoms with Crippen LogP contribution in [0.5, 0.6) is 0 Å². The largest absolute Gasteiger partial charge is 0.305 e. The Labute approximate surface area is 196 Å². The Morgan fingerprint density at radius 2 is 1.23 bits per heavy atom. The van der Waals surface area contributed by atoms with Crippen molar-refractivity contribution in [2.75, 3.05) is 0 Å². The molecule has 31 heavy (non-hydrogen) atoms. The van der Waals surface area contributed by atoms with Gasteiger partial charge in [-0.1, -0.05) is 24.3 Å². The van der Waals surface area contributed by atoms with Crippen LogP contribution in [0.2, 0.25) is 0 Å². The van der Waals surface area contributed by atoms with Crippen molar-refractivity contribution >= 4 is 0 Å². The van der Waals surface area contributed by atoms with Crippen LogP contribution in [0.3, 0.4) is 0 Å². The van der Waals surface area contributed by atoms with Gasteiger partial charge in [-0.15, -0.1) is 71.8 Å². The quantitative estimate of drug-likeness (QED) is 0.241. The van der Waals surface area contributed by atoms with Gasteiger partial charge in [-0.05, 0) is 35.7 Å². The first-order valence-electron chi connectivity index (χ1n) is 9.63. The van der Waals surface area contributed by atoms with Crippen LogP contribution in [0, 0.1) is 12.1 Å². The predicted molar refractivity (Wildman–Crippen MR) is 120 cm³/mol. The normalized spacial score (nSPS) is 9.68. The van der Waals surface area contributed by atoms with Crippen molar-refractivity contribution in [3.63, 3.8) is 0 Å². The number of rotatable bonds is 3. The molecule has 0 aliphatic rings. The van der Waals surface area contributed by atoms with E-state index in [-0.39, 0.29) is 20.1 Å². The van der Waals surface area contributed by atoms with Crippen molar-refractivity contribution in [2.45, 2.75) is 0 Å². The smallest absolute Gasteiger partial charge is 0.0610 e. The fraction of sp³-hybridized carbons (Fsp3) is 0. The molecule has 153 valence electrons. The molecule has 5 rings (SSSR count). The fourth-order valence-corrected chi connectivity index (χ4v) is 2.89. The van der Waals surface area contributed by atoms with Gasteiger partial charge >= 0.3 is 0 Å². The van der Waals surface area contributed by atoms with Crippen LogP contribution in [-0.2, 0) is 20.1 Å². The molecule has 3 nitrogen and oxygen atoms in total. The van der Waals surface area contributed by atoms with Crippen molar-refractivity contribution in [3.05, 3.63) is 128 Å². The Bertz CT molecular complexity index is 1070. The minimum Gasteiger partial charge on any atom is -0.305 e. The van der Waals surface area contributed by atoms with Gasteiger partial charge in [-0.3, -0.25) is 9.97 Å².